The highest BCUT2D eigenvalue weighted by molar-refractivity contribution is 5.92. The van der Waals surface area contributed by atoms with Crippen LogP contribution in [0.3, 0.4) is 0 Å². The number of nitrogens with one attached hydrogen (secondary N) is 1. The van der Waals surface area contributed by atoms with E-state index in [1.165, 1.54) is 6.20 Å². The third-order valence-electron chi connectivity index (χ3n) is 4.65. The van der Waals surface area contributed by atoms with Crippen molar-refractivity contribution in [2.45, 2.75) is 26.3 Å². The summed E-state index contributed by atoms with van der Waals surface area (Å²) in [6.07, 6.45) is 7.35. The number of rotatable bonds is 9. The molecular formula is C23H25N5O2. The van der Waals surface area contributed by atoms with E-state index in [2.05, 4.69) is 20.3 Å². The van der Waals surface area contributed by atoms with Crippen molar-refractivity contribution in [1.82, 2.24) is 25.2 Å². The van der Waals surface area contributed by atoms with Crippen molar-refractivity contribution in [2.24, 2.45) is 0 Å². The first-order valence-corrected chi connectivity index (χ1v) is 9.89. The van der Waals surface area contributed by atoms with Gasteiger partial charge in [-0.15, -0.1) is 0 Å². The second-order valence-electron chi connectivity index (χ2n) is 6.95. The molecule has 7 nitrogen and oxygen atoms in total. The van der Waals surface area contributed by atoms with Crippen molar-refractivity contribution in [3.05, 3.63) is 89.8 Å². The highest BCUT2D eigenvalue weighted by Crippen LogP contribution is 2.07. The summed E-state index contributed by atoms with van der Waals surface area (Å²) in [6, 6.07) is 13.7. The van der Waals surface area contributed by atoms with Gasteiger partial charge >= 0.3 is 0 Å². The van der Waals surface area contributed by atoms with Crippen LogP contribution in [0.1, 0.15) is 33.7 Å². The summed E-state index contributed by atoms with van der Waals surface area (Å²) in [7, 11) is 0. The van der Waals surface area contributed by atoms with Crippen LogP contribution in [-0.2, 0) is 17.8 Å². The molecule has 2 aromatic heterocycles. The smallest absolute Gasteiger partial charge is 0.274 e. The van der Waals surface area contributed by atoms with E-state index in [4.69, 9.17) is 0 Å². The number of carbonyl (C=O) groups excluding carboxylic acids is 2. The largest absolute Gasteiger partial charge is 0.352 e. The van der Waals surface area contributed by atoms with Crippen molar-refractivity contribution in [2.75, 3.05) is 13.1 Å². The van der Waals surface area contributed by atoms with Gasteiger partial charge in [0, 0.05) is 44.6 Å². The lowest BCUT2D eigenvalue weighted by atomic mass is 10.1. The third kappa shape index (κ3) is 6.48. The Hall–Kier alpha value is -3.61. The Morgan fingerprint density at radius 1 is 0.933 bits per heavy atom. The maximum absolute atomic E-state index is 13.0. The molecule has 0 saturated heterocycles. The number of carbonyl (C=O) groups is 2. The number of nitrogens with zero attached hydrogens (tertiary/aromatic N) is 4. The Morgan fingerprint density at radius 2 is 1.70 bits per heavy atom. The summed E-state index contributed by atoms with van der Waals surface area (Å²) in [6.45, 7) is 3.06. The molecule has 0 aliphatic carbocycles. The molecule has 0 saturated carbocycles. The maximum Gasteiger partial charge on any atom is 0.274 e. The van der Waals surface area contributed by atoms with E-state index >= 15 is 0 Å². The first kappa shape index (κ1) is 21.1. The molecule has 7 heteroatoms. The predicted octanol–water partition coefficient (Wildman–Crippen LogP) is 2.57. The zero-order valence-electron chi connectivity index (χ0n) is 17.0. The molecule has 0 unspecified atom stereocenters. The summed E-state index contributed by atoms with van der Waals surface area (Å²) in [5.41, 5.74) is 3.14. The highest BCUT2D eigenvalue weighted by atomic mass is 16.2. The van der Waals surface area contributed by atoms with Crippen LogP contribution in [0.25, 0.3) is 0 Å². The summed E-state index contributed by atoms with van der Waals surface area (Å²) >= 11 is 0. The first-order valence-electron chi connectivity index (χ1n) is 9.89. The summed E-state index contributed by atoms with van der Waals surface area (Å²) in [5, 5.41) is 2.88. The Kier molecular flexibility index (Phi) is 7.60. The lowest BCUT2D eigenvalue weighted by Crippen LogP contribution is -2.37. The van der Waals surface area contributed by atoms with Gasteiger partial charge in [-0.3, -0.25) is 19.6 Å². The van der Waals surface area contributed by atoms with E-state index < -0.39 is 0 Å². The van der Waals surface area contributed by atoms with E-state index in [-0.39, 0.29) is 23.9 Å². The second kappa shape index (κ2) is 10.8. The fraction of sp³-hybridized carbons (Fsp3) is 0.261. The van der Waals surface area contributed by atoms with Crippen LogP contribution < -0.4 is 5.32 Å². The molecule has 0 spiro atoms. The van der Waals surface area contributed by atoms with Crippen LogP contribution in [0.4, 0.5) is 0 Å². The third-order valence-corrected chi connectivity index (χ3v) is 4.65. The normalized spacial score (nSPS) is 10.4. The maximum atomic E-state index is 13.0. The molecule has 0 atom stereocenters. The summed E-state index contributed by atoms with van der Waals surface area (Å²) < 4.78 is 0. The molecule has 3 rings (SSSR count). The monoisotopic (exact) mass is 403 g/mol. The summed E-state index contributed by atoms with van der Waals surface area (Å²) in [4.78, 5) is 39.3. The fourth-order valence-corrected chi connectivity index (χ4v) is 2.91. The number of benzene rings is 1. The molecule has 0 fully saturated rings. The zero-order valence-corrected chi connectivity index (χ0v) is 17.0. The number of hydrogen-bond acceptors (Lipinski definition) is 5. The highest BCUT2D eigenvalue weighted by Gasteiger charge is 2.18. The molecule has 0 aliphatic rings. The van der Waals surface area contributed by atoms with E-state index in [0.717, 1.165) is 16.8 Å². The molecule has 0 aliphatic heterocycles. The lowest BCUT2D eigenvalue weighted by molar-refractivity contribution is -0.121. The Morgan fingerprint density at radius 3 is 2.40 bits per heavy atom. The number of aryl methyl sites for hydroxylation is 1. The molecule has 1 aromatic carbocycles. The minimum atomic E-state index is -0.222. The Bertz CT molecular complexity index is 946. The minimum absolute atomic E-state index is 0.112. The fourth-order valence-electron chi connectivity index (χ4n) is 2.91. The molecule has 1 N–H and O–H groups in total. The van der Waals surface area contributed by atoms with E-state index in [9.17, 15) is 9.59 Å². The quantitative estimate of drug-likeness (QED) is 0.593. The van der Waals surface area contributed by atoms with Gasteiger partial charge in [-0.05, 0) is 36.6 Å². The number of aromatic nitrogens is 3. The van der Waals surface area contributed by atoms with Gasteiger partial charge in [-0.25, -0.2) is 4.98 Å². The molecule has 2 amide bonds. The van der Waals surface area contributed by atoms with Gasteiger partial charge in [0.15, 0.2) is 0 Å². The van der Waals surface area contributed by atoms with Gasteiger partial charge < -0.3 is 10.2 Å². The lowest BCUT2D eigenvalue weighted by Gasteiger charge is -2.22. The molecule has 0 bridgehead atoms. The number of hydrogen-bond donors (Lipinski definition) is 1. The van der Waals surface area contributed by atoms with Crippen LogP contribution in [0.15, 0.2) is 67.3 Å². The Labute approximate surface area is 176 Å². The average Bonchev–Trinajstić information content (AvgIpc) is 2.79. The van der Waals surface area contributed by atoms with Crippen LogP contribution in [0.5, 0.6) is 0 Å². The average molecular weight is 403 g/mol. The molecular weight excluding hydrogens is 378 g/mol. The van der Waals surface area contributed by atoms with Crippen molar-refractivity contribution in [1.29, 1.82) is 0 Å². The van der Waals surface area contributed by atoms with Crippen LogP contribution in [-0.4, -0.2) is 44.8 Å². The molecule has 3 aromatic rings. The van der Waals surface area contributed by atoms with Crippen LogP contribution >= 0.6 is 0 Å². The van der Waals surface area contributed by atoms with Crippen molar-refractivity contribution < 1.29 is 9.59 Å². The predicted molar refractivity (Wildman–Crippen MR) is 114 cm³/mol. The van der Waals surface area contributed by atoms with Crippen molar-refractivity contribution in [3.63, 3.8) is 0 Å². The van der Waals surface area contributed by atoms with E-state index in [0.29, 0.717) is 26.1 Å². The molecule has 0 radical (unpaired) electrons. The van der Waals surface area contributed by atoms with E-state index in [1.54, 1.807) is 23.5 Å². The SMILES string of the molecule is Cc1cnc(C(=O)N(CCC(=O)NCc2ccncc2)CCc2ccccc2)cn1. The van der Waals surface area contributed by atoms with Crippen molar-refractivity contribution in [3.8, 4) is 0 Å². The molecule has 2 heterocycles. The van der Waals surface area contributed by atoms with Gasteiger partial charge in [0.25, 0.3) is 5.91 Å². The van der Waals surface area contributed by atoms with Gasteiger partial charge in [0.1, 0.15) is 5.69 Å². The second-order valence-corrected chi connectivity index (χ2v) is 6.95. The standard InChI is InChI=1S/C23H25N5O2/c1-18-15-26-21(17-25-18)23(30)28(13-9-19-5-3-2-4-6-19)14-10-22(29)27-16-20-7-11-24-12-8-20/h2-8,11-12,15,17H,9-10,13-14,16H2,1H3,(H,27,29). The van der Waals surface area contributed by atoms with Crippen LogP contribution in [0.2, 0.25) is 0 Å². The van der Waals surface area contributed by atoms with Gasteiger partial charge in [0.05, 0.1) is 11.9 Å². The number of amides is 2. The minimum Gasteiger partial charge on any atom is -0.352 e. The van der Waals surface area contributed by atoms with Crippen LogP contribution in [0, 0.1) is 6.92 Å². The van der Waals surface area contributed by atoms with Gasteiger partial charge in [-0.1, -0.05) is 30.3 Å². The molecule has 30 heavy (non-hydrogen) atoms. The van der Waals surface area contributed by atoms with Gasteiger partial charge in [0.2, 0.25) is 5.91 Å². The number of pyridine rings is 1. The zero-order chi connectivity index (χ0) is 21.2. The Balaban J connectivity index is 1.60. The van der Waals surface area contributed by atoms with Crippen molar-refractivity contribution >= 4 is 11.8 Å². The van der Waals surface area contributed by atoms with E-state index in [1.807, 2.05) is 49.4 Å². The topological polar surface area (TPSA) is 88.1 Å². The molecule has 154 valence electrons. The van der Waals surface area contributed by atoms with Gasteiger partial charge in [-0.2, -0.15) is 0 Å². The summed E-state index contributed by atoms with van der Waals surface area (Å²) in [5.74, 6) is -0.334. The first-order chi connectivity index (χ1) is 14.6.